The minimum Gasteiger partial charge on any atom is -0.357 e. The molecule has 0 aromatic carbocycles. The first-order valence-corrected chi connectivity index (χ1v) is 6.92. The molecule has 0 bridgehead atoms. The van der Waals surface area contributed by atoms with Crippen LogP contribution in [0, 0.1) is 5.41 Å². The lowest BCUT2D eigenvalue weighted by molar-refractivity contribution is 0.328. The van der Waals surface area contributed by atoms with Crippen molar-refractivity contribution in [3.63, 3.8) is 0 Å². The van der Waals surface area contributed by atoms with Crippen LogP contribution in [-0.4, -0.2) is 21.9 Å². The zero-order valence-electron chi connectivity index (χ0n) is 11.4. The zero-order valence-corrected chi connectivity index (χ0v) is 12.3. The Hall–Kier alpha value is -0.680. The highest BCUT2D eigenvalue weighted by atomic mass is 32.1. The van der Waals surface area contributed by atoms with E-state index >= 15 is 0 Å². The maximum Gasteiger partial charge on any atom is 0.202 e. The summed E-state index contributed by atoms with van der Waals surface area (Å²) in [6, 6.07) is 0.334. The predicted octanol–water partition coefficient (Wildman–Crippen LogP) is 2.84. The van der Waals surface area contributed by atoms with Crippen molar-refractivity contribution in [3.8, 4) is 0 Å². The van der Waals surface area contributed by atoms with Crippen LogP contribution in [0.1, 0.15) is 52.8 Å². The van der Waals surface area contributed by atoms with Crippen LogP contribution in [0.3, 0.4) is 0 Å². The van der Waals surface area contributed by atoms with Crippen LogP contribution in [0.5, 0.6) is 0 Å². The fraction of sp³-hybridized carbons (Fsp3) is 0.833. The average Bonchev–Trinajstić information content (AvgIpc) is 2.64. The second-order valence-electron chi connectivity index (χ2n) is 5.75. The number of hydrogen-bond acceptors (Lipinski definition) is 5. The Bertz CT molecular complexity index is 341. The number of anilines is 1. The van der Waals surface area contributed by atoms with Crippen molar-refractivity contribution in [2.75, 3.05) is 11.9 Å². The fourth-order valence-corrected chi connectivity index (χ4v) is 2.33. The molecule has 1 aromatic rings. The lowest BCUT2D eigenvalue weighted by atomic mass is 9.85. The van der Waals surface area contributed by atoms with Gasteiger partial charge >= 0.3 is 0 Å². The molecule has 0 aliphatic heterocycles. The van der Waals surface area contributed by atoms with Crippen molar-refractivity contribution in [3.05, 3.63) is 5.82 Å². The molecule has 1 rings (SSSR count). The van der Waals surface area contributed by atoms with Gasteiger partial charge in [-0.1, -0.05) is 34.6 Å². The van der Waals surface area contributed by atoms with E-state index < -0.39 is 0 Å². The number of nitrogens with two attached hydrogens (primary N) is 1. The van der Waals surface area contributed by atoms with Gasteiger partial charge in [-0.25, -0.2) is 4.98 Å². The summed E-state index contributed by atoms with van der Waals surface area (Å²) in [5.41, 5.74) is 5.83. The van der Waals surface area contributed by atoms with E-state index in [1.54, 1.807) is 0 Å². The molecule has 3 N–H and O–H groups in total. The van der Waals surface area contributed by atoms with Gasteiger partial charge in [0.25, 0.3) is 0 Å². The number of nitrogens with zero attached hydrogens (tertiary/aromatic N) is 2. The van der Waals surface area contributed by atoms with Gasteiger partial charge in [0.2, 0.25) is 5.13 Å². The molecule has 98 valence electrons. The van der Waals surface area contributed by atoms with Gasteiger partial charge in [-0.05, 0) is 18.4 Å². The minimum atomic E-state index is 0.170. The minimum absolute atomic E-state index is 0.170. The van der Waals surface area contributed by atoms with E-state index in [4.69, 9.17) is 5.73 Å². The van der Waals surface area contributed by atoms with Gasteiger partial charge in [0.1, 0.15) is 5.82 Å². The fourth-order valence-electron chi connectivity index (χ4n) is 1.57. The quantitative estimate of drug-likeness (QED) is 0.850. The molecule has 1 aromatic heterocycles. The van der Waals surface area contributed by atoms with Crippen LogP contribution in [0.4, 0.5) is 5.13 Å². The zero-order chi connectivity index (χ0) is 13.1. The van der Waals surface area contributed by atoms with E-state index in [1.165, 1.54) is 11.5 Å². The first-order valence-electron chi connectivity index (χ1n) is 6.14. The molecule has 0 saturated carbocycles. The third kappa shape index (κ3) is 4.24. The molecule has 0 fully saturated rings. The van der Waals surface area contributed by atoms with Crippen molar-refractivity contribution < 1.29 is 0 Å². The highest BCUT2D eigenvalue weighted by Crippen LogP contribution is 2.26. The maximum atomic E-state index is 5.66. The molecule has 17 heavy (non-hydrogen) atoms. The van der Waals surface area contributed by atoms with Gasteiger partial charge in [-0.2, -0.15) is 4.37 Å². The Morgan fingerprint density at radius 1 is 1.35 bits per heavy atom. The van der Waals surface area contributed by atoms with Crippen molar-refractivity contribution in [1.82, 2.24) is 9.36 Å². The van der Waals surface area contributed by atoms with Crippen LogP contribution in [0.15, 0.2) is 0 Å². The second kappa shape index (κ2) is 5.78. The summed E-state index contributed by atoms with van der Waals surface area (Å²) in [6.45, 7) is 11.5. The number of nitrogens with one attached hydrogen (secondary N) is 1. The standard InChI is InChI=1S/C12H24N4S/c1-8(2)10-15-11(17-16-10)14-9(6-7-13)12(3,4)5/h8-9H,6-7,13H2,1-5H3,(H,14,15,16). The Morgan fingerprint density at radius 3 is 2.41 bits per heavy atom. The van der Waals surface area contributed by atoms with Crippen LogP contribution in [0.25, 0.3) is 0 Å². The van der Waals surface area contributed by atoms with Crippen LogP contribution >= 0.6 is 11.5 Å². The normalized spacial score (nSPS) is 14.1. The molecular formula is C12H24N4S. The van der Waals surface area contributed by atoms with Gasteiger partial charge < -0.3 is 11.1 Å². The molecule has 0 spiro atoms. The summed E-state index contributed by atoms with van der Waals surface area (Å²) >= 11 is 1.44. The summed E-state index contributed by atoms with van der Waals surface area (Å²) in [5.74, 6) is 1.29. The molecule has 1 atom stereocenters. The highest BCUT2D eigenvalue weighted by molar-refractivity contribution is 7.09. The van der Waals surface area contributed by atoms with Crippen LogP contribution in [0.2, 0.25) is 0 Å². The molecule has 1 unspecified atom stereocenters. The van der Waals surface area contributed by atoms with Crippen LogP contribution in [-0.2, 0) is 0 Å². The Balaban J connectivity index is 2.72. The van der Waals surface area contributed by atoms with E-state index in [0.29, 0.717) is 18.5 Å². The third-order valence-electron chi connectivity index (χ3n) is 2.76. The smallest absolute Gasteiger partial charge is 0.202 e. The van der Waals surface area contributed by atoms with Crippen molar-refractivity contribution in [2.45, 2.75) is 53.0 Å². The Labute approximate surface area is 108 Å². The molecule has 5 heteroatoms. The summed E-state index contributed by atoms with van der Waals surface area (Å²) in [5, 5.41) is 4.36. The van der Waals surface area contributed by atoms with Gasteiger partial charge in [-0.3, -0.25) is 0 Å². The maximum absolute atomic E-state index is 5.66. The molecule has 4 nitrogen and oxygen atoms in total. The largest absolute Gasteiger partial charge is 0.357 e. The highest BCUT2D eigenvalue weighted by Gasteiger charge is 2.24. The monoisotopic (exact) mass is 256 g/mol. The van der Waals surface area contributed by atoms with Crippen molar-refractivity contribution in [1.29, 1.82) is 0 Å². The lowest BCUT2D eigenvalue weighted by Gasteiger charge is -2.30. The third-order valence-corrected chi connectivity index (χ3v) is 3.42. The summed E-state index contributed by atoms with van der Waals surface area (Å²) in [4.78, 5) is 4.50. The topological polar surface area (TPSA) is 63.8 Å². The van der Waals surface area contributed by atoms with E-state index in [-0.39, 0.29) is 5.41 Å². The molecule has 0 amide bonds. The first-order chi connectivity index (χ1) is 7.84. The van der Waals surface area contributed by atoms with Crippen molar-refractivity contribution >= 4 is 16.7 Å². The van der Waals surface area contributed by atoms with E-state index in [9.17, 15) is 0 Å². The Kier molecular flexibility index (Phi) is 4.89. The van der Waals surface area contributed by atoms with Crippen molar-refractivity contribution in [2.24, 2.45) is 11.1 Å². The molecule has 1 heterocycles. The van der Waals surface area contributed by atoms with E-state index in [1.807, 2.05) is 0 Å². The van der Waals surface area contributed by atoms with Gasteiger partial charge in [0.15, 0.2) is 0 Å². The number of rotatable bonds is 5. The molecule has 0 saturated heterocycles. The average molecular weight is 256 g/mol. The Morgan fingerprint density at radius 2 is 2.00 bits per heavy atom. The van der Waals surface area contributed by atoms with Gasteiger partial charge in [0, 0.05) is 23.5 Å². The molecule has 0 aliphatic carbocycles. The van der Waals surface area contributed by atoms with E-state index in [0.717, 1.165) is 17.4 Å². The first kappa shape index (κ1) is 14.4. The molecule has 0 radical (unpaired) electrons. The SMILES string of the molecule is CC(C)c1nsc(NC(CCN)C(C)(C)C)n1. The summed E-state index contributed by atoms with van der Waals surface area (Å²) in [6.07, 6.45) is 0.945. The lowest BCUT2D eigenvalue weighted by Crippen LogP contribution is -2.35. The van der Waals surface area contributed by atoms with E-state index in [2.05, 4.69) is 49.3 Å². The van der Waals surface area contributed by atoms with Crippen LogP contribution < -0.4 is 11.1 Å². The predicted molar refractivity (Wildman–Crippen MR) is 74.5 cm³/mol. The molecule has 0 aliphatic rings. The van der Waals surface area contributed by atoms with Gasteiger partial charge in [0.05, 0.1) is 0 Å². The van der Waals surface area contributed by atoms with Gasteiger partial charge in [-0.15, -0.1) is 0 Å². The second-order valence-corrected chi connectivity index (χ2v) is 6.50. The number of aromatic nitrogens is 2. The molecular weight excluding hydrogens is 232 g/mol. The number of hydrogen-bond donors (Lipinski definition) is 2. The summed E-state index contributed by atoms with van der Waals surface area (Å²) < 4.78 is 4.35. The summed E-state index contributed by atoms with van der Waals surface area (Å²) in [7, 11) is 0.